The van der Waals surface area contributed by atoms with Crippen LogP contribution in [-0.4, -0.2) is 5.25 Å². The van der Waals surface area contributed by atoms with Crippen molar-refractivity contribution in [3.05, 3.63) is 0 Å². The molecule has 0 amide bonds. The molecule has 1 rings (SSSR count). The summed E-state index contributed by atoms with van der Waals surface area (Å²) in [7, 11) is 0. The maximum Gasteiger partial charge on any atom is 0.00170 e. The molecule has 0 atom stereocenters. The van der Waals surface area contributed by atoms with E-state index in [1.54, 1.807) is 0 Å². The lowest BCUT2D eigenvalue weighted by atomic mass is 9.72. The molecule has 11 heavy (non-hydrogen) atoms. The van der Waals surface area contributed by atoms with E-state index in [4.69, 9.17) is 0 Å². The van der Waals surface area contributed by atoms with Crippen molar-refractivity contribution in [1.29, 1.82) is 0 Å². The van der Waals surface area contributed by atoms with Gasteiger partial charge in [0.1, 0.15) is 0 Å². The molecule has 0 aromatic rings. The quantitative estimate of drug-likeness (QED) is 0.531. The SMILES string of the molecule is CC(C)(C)C1CCC(S)CC1. The van der Waals surface area contributed by atoms with E-state index in [1.165, 1.54) is 25.7 Å². The highest BCUT2D eigenvalue weighted by Gasteiger charge is 2.28. The van der Waals surface area contributed by atoms with Crippen LogP contribution in [0.3, 0.4) is 0 Å². The topological polar surface area (TPSA) is 0 Å². The predicted octanol–water partition coefficient (Wildman–Crippen LogP) is 3.52. The highest BCUT2D eigenvalue weighted by molar-refractivity contribution is 7.80. The average molecular weight is 172 g/mol. The molecule has 0 aliphatic heterocycles. The molecule has 1 aliphatic rings. The summed E-state index contributed by atoms with van der Waals surface area (Å²) < 4.78 is 0. The van der Waals surface area contributed by atoms with E-state index in [0.717, 1.165) is 5.92 Å². The van der Waals surface area contributed by atoms with Gasteiger partial charge in [-0.3, -0.25) is 0 Å². The molecule has 1 fully saturated rings. The van der Waals surface area contributed by atoms with Crippen LogP contribution >= 0.6 is 12.6 Å². The van der Waals surface area contributed by atoms with E-state index in [-0.39, 0.29) is 0 Å². The summed E-state index contributed by atoms with van der Waals surface area (Å²) >= 11 is 4.50. The van der Waals surface area contributed by atoms with Crippen molar-refractivity contribution in [1.82, 2.24) is 0 Å². The Morgan fingerprint density at radius 1 is 1.00 bits per heavy atom. The molecule has 0 unspecified atom stereocenters. The monoisotopic (exact) mass is 172 g/mol. The van der Waals surface area contributed by atoms with Crippen LogP contribution in [-0.2, 0) is 0 Å². The first kappa shape index (κ1) is 9.44. The van der Waals surface area contributed by atoms with Gasteiger partial charge in [0.25, 0.3) is 0 Å². The zero-order chi connectivity index (χ0) is 8.48. The first-order valence-corrected chi connectivity index (χ1v) is 5.20. The minimum Gasteiger partial charge on any atom is -0.176 e. The fourth-order valence-electron chi connectivity index (χ4n) is 1.94. The summed E-state index contributed by atoms with van der Waals surface area (Å²) in [5, 5.41) is 0.689. The van der Waals surface area contributed by atoms with Gasteiger partial charge in [-0.15, -0.1) is 0 Å². The smallest absolute Gasteiger partial charge is 0.00170 e. The second-order valence-electron chi connectivity index (χ2n) is 4.87. The van der Waals surface area contributed by atoms with Crippen molar-refractivity contribution in [2.45, 2.75) is 51.7 Å². The molecule has 0 N–H and O–H groups in total. The third-order valence-corrected chi connectivity index (χ3v) is 3.44. The van der Waals surface area contributed by atoms with Gasteiger partial charge < -0.3 is 0 Å². The molecular weight excluding hydrogens is 152 g/mol. The Bertz CT molecular complexity index is 115. The van der Waals surface area contributed by atoms with Crippen molar-refractivity contribution in [3.8, 4) is 0 Å². The van der Waals surface area contributed by atoms with Crippen LogP contribution in [0.15, 0.2) is 0 Å². The van der Waals surface area contributed by atoms with Crippen LogP contribution in [0.2, 0.25) is 0 Å². The Labute approximate surface area is 76.2 Å². The molecule has 0 spiro atoms. The van der Waals surface area contributed by atoms with Crippen LogP contribution in [0.4, 0.5) is 0 Å². The third kappa shape index (κ3) is 2.70. The van der Waals surface area contributed by atoms with Gasteiger partial charge >= 0.3 is 0 Å². The molecule has 66 valence electrons. The van der Waals surface area contributed by atoms with Crippen LogP contribution < -0.4 is 0 Å². The molecule has 1 aliphatic carbocycles. The molecule has 1 heteroatoms. The zero-order valence-electron chi connectivity index (χ0n) is 7.93. The zero-order valence-corrected chi connectivity index (χ0v) is 8.82. The molecule has 0 radical (unpaired) electrons. The third-order valence-electron chi connectivity index (χ3n) is 2.92. The fourth-order valence-corrected chi connectivity index (χ4v) is 2.24. The second-order valence-corrected chi connectivity index (χ2v) is 5.60. The lowest BCUT2D eigenvalue weighted by Crippen LogP contribution is -2.25. The first-order chi connectivity index (χ1) is 5.00. The Morgan fingerprint density at radius 3 is 1.82 bits per heavy atom. The van der Waals surface area contributed by atoms with Gasteiger partial charge in [0.15, 0.2) is 0 Å². The highest BCUT2D eigenvalue weighted by Crippen LogP contribution is 2.38. The first-order valence-electron chi connectivity index (χ1n) is 4.68. The van der Waals surface area contributed by atoms with Gasteiger partial charge in [-0.1, -0.05) is 20.8 Å². The summed E-state index contributed by atoms with van der Waals surface area (Å²) in [5.74, 6) is 0.936. The molecule has 1 saturated carbocycles. The fraction of sp³-hybridized carbons (Fsp3) is 1.00. The van der Waals surface area contributed by atoms with E-state index < -0.39 is 0 Å². The number of hydrogen-bond donors (Lipinski definition) is 1. The van der Waals surface area contributed by atoms with E-state index in [0.29, 0.717) is 10.7 Å². The minimum absolute atomic E-state index is 0.522. The Morgan fingerprint density at radius 2 is 1.45 bits per heavy atom. The van der Waals surface area contributed by atoms with Crippen molar-refractivity contribution in [3.63, 3.8) is 0 Å². The van der Waals surface area contributed by atoms with Gasteiger partial charge in [-0.2, -0.15) is 12.6 Å². The number of hydrogen-bond acceptors (Lipinski definition) is 1. The standard InChI is InChI=1S/C10H20S/c1-10(2,3)8-4-6-9(11)7-5-8/h8-9,11H,4-7H2,1-3H3. The lowest BCUT2D eigenvalue weighted by molar-refractivity contribution is 0.182. The Hall–Kier alpha value is 0.350. The predicted molar refractivity (Wildman–Crippen MR) is 54.2 cm³/mol. The summed E-state index contributed by atoms with van der Waals surface area (Å²) in [6.07, 6.45) is 5.42. The van der Waals surface area contributed by atoms with E-state index in [2.05, 4.69) is 33.4 Å². The van der Waals surface area contributed by atoms with Crippen molar-refractivity contribution in [2.24, 2.45) is 11.3 Å². The van der Waals surface area contributed by atoms with Gasteiger partial charge in [0.05, 0.1) is 0 Å². The maximum absolute atomic E-state index is 4.50. The van der Waals surface area contributed by atoms with Gasteiger partial charge in [0, 0.05) is 5.25 Å². The van der Waals surface area contributed by atoms with E-state index in [9.17, 15) is 0 Å². The Kier molecular flexibility index (Phi) is 2.90. The number of rotatable bonds is 0. The molecule has 0 aromatic carbocycles. The second kappa shape index (κ2) is 3.38. The lowest BCUT2D eigenvalue weighted by Gasteiger charge is -2.35. The summed E-state index contributed by atoms with van der Waals surface area (Å²) in [4.78, 5) is 0. The minimum atomic E-state index is 0.522. The van der Waals surface area contributed by atoms with E-state index >= 15 is 0 Å². The number of thiol groups is 1. The van der Waals surface area contributed by atoms with Crippen molar-refractivity contribution < 1.29 is 0 Å². The molecule has 0 aromatic heterocycles. The molecule has 0 saturated heterocycles. The van der Waals surface area contributed by atoms with Crippen LogP contribution in [0.5, 0.6) is 0 Å². The maximum atomic E-state index is 4.50. The van der Waals surface area contributed by atoms with Crippen molar-refractivity contribution in [2.75, 3.05) is 0 Å². The summed E-state index contributed by atoms with van der Waals surface area (Å²) in [6.45, 7) is 7.07. The molecule has 0 bridgehead atoms. The summed E-state index contributed by atoms with van der Waals surface area (Å²) in [5.41, 5.74) is 0.522. The van der Waals surface area contributed by atoms with Crippen molar-refractivity contribution >= 4 is 12.6 Å². The Balaban J connectivity index is 2.39. The largest absolute Gasteiger partial charge is 0.176 e. The van der Waals surface area contributed by atoms with Gasteiger partial charge in [-0.05, 0) is 37.0 Å². The molecular formula is C10H20S. The van der Waals surface area contributed by atoms with Crippen LogP contribution in [0, 0.1) is 11.3 Å². The normalized spacial score (nSPS) is 33.8. The average Bonchev–Trinajstić information content (AvgIpc) is 1.86. The van der Waals surface area contributed by atoms with Gasteiger partial charge in [-0.25, -0.2) is 0 Å². The summed E-state index contributed by atoms with van der Waals surface area (Å²) in [6, 6.07) is 0. The molecule has 0 heterocycles. The van der Waals surface area contributed by atoms with Crippen LogP contribution in [0.25, 0.3) is 0 Å². The highest BCUT2D eigenvalue weighted by atomic mass is 32.1. The van der Waals surface area contributed by atoms with Crippen LogP contribution in [0.1, 0.15) is 46.5 Å². The van der Waals surface area contributed by atoms with E-state index in [1.807, 2.05) is 0 Å². The molecule has 0 nitrogen and oxygen atoms in total. The van der Waals surface area contributed by atoms with Gasteiger partial charge in [0.2, 0.25) is 0 Å².